The molecule has 0 radical (unpaired) electrons. The van der Waals surface area contributed by atoms with Crippen molar-refractivity contribution in [1.82, 2.24) is 5.43 Å². The minimum atomic E-state index is -4.85. The van der Waals surface area contributed by atoms with Gasteiger partial charge < -0.3 is 0 Å². The van der Waals surface area contributed by atoms with Gasteiger partial charge >= 0.3 is 6.18 Å². The fraction of sp³-hybridized carbons (Fsp3) is 0.133. The minimum Gasteiger partial charge on any atom is -0.293 e. The van der Waals surface area contributed by atoms with E-state index in [2.05, 4.69) is 5.10 Å². The van der Waals surface area contributed by atoms with Gasteiger partial charge in [-0.2, -0.15) is 18.3 Å². The lowest BCUT2D eigenvalue weighted by atomic mass is 10.1. The van der Waals surface area contributed by atoms with Gasteiger partial charge in [0.05, 0.1) is 21.9 Å². The quantitative estimate of drug-likeness (QED) is 0.481. The highest BCUT2D eigenvalue weighted by Gasteiger charge is 2.37. The molecule has 2 aromatic rings. The third kappa shape index (κ3) is 4.65. The van der Waals surface area contributed by atoms with Crippen molar-refractivity contribution in [3.05, 3.63) is 57.2 Å². The van der Waals surface area contributed by atoms with Gasteiger partial charge in [-0.15, -0.1) is 11.3 Å². The third-order valence-electron chi connectivity index (χ3n) is 2.86. The van der Waals surface area contributed by atoms with Crippen molar-refractivity contribution < 1.29 is 22.8 Å². The van der Waals surface area contributed by atoms with Crippen LogP contribution in [0.4, 0.5) is 13.2 Å². The molecule has 0 spiro atoms. The second kappa shape index (κ2) is 7.59. The van der Waals surface area contributed by atoms with Crippen LogP contribution in [0.2, 0.25) is 5.02 Å². The maximum Gasteiger partial charge on any atom is 0.431 e. The highest BCUT2D eigenvalue weighted by molar-refractivity contribution is 7.12. The molecule has 1 N–H and O–H groups in total. The molecule has 1 heterocycles. The van der Waals surface area contributed by atoms with Crippen molar-refractivity contribution in [3.63, 3.8) is 0 Å². The molecule has 0 atom stereocenters. The Labute approximate surface area is 143 Å². The van der Waals surface area contributed by atoms with E-state index >= 15 is 0 Å². The van der Waals surface area contributed by atoms with Crippen LogP contribution in [0, 0.1) is 0 Å². The second-order valence-electron chi connectivity index (χ2n) is 4.55. The predicted molar refractivity (Wildman–Crippen MR) is 85.7 cm³/mol. The van der Waals surface area contributed by atoms with Crippen LogP contribution in [-0.2, 0) is 0 Å². The number of hydrazone groups is 1. The Hall–Kier alpha value is -2.19. The van der Waals surface area contributed by atoms with Crippen molar-refractivity contribution in [2.45, 2.75) is 12.6 Å². The first-order valence-corrected chi connectivity index (χ1v) is 7.80. The first kappa shape index (κ1) is 18.2. The summed E-state index contributed by atoms with van der Waals surface area (Å²) in [6, 6.07) is 8.83. The van der Waals surface area contributed by atoms with Crippen LogP contribution in [0.3, 0.4) is 0 Å². The number of nitrogens with one attached hydrogen (secondary N) is 1. The summed E-state index contributed by atoms with van der Waals surface area (Å²) < 4.78 is 39.0. The number of halogens is 4. The van der Waals surface area contributed by atoms with Gasteiger partial charge in [0.2, 0.25) is 0 Å². The monoisotopic (exact) mass is 374 g/mol. The van der Waals surface area contributed by atoms with Gasteiger partial charge in [-0.05, 0) is 23.6 Å². The van der Waals surface area contributed by atoms with Gasteiger partial charge in [-0.1, -0.05) is 29.8 Å². The highest BCUT2D eigenvalue weighted by atomic mass is 35.5. The van der Waals surface area contributed by atoms with E-state index in [1.165, 1.54) is 24.3 Å². The molecule has 0 aliphatic carbocycles. The van der Waals surface area contributed by atoms with Crippen LogP contribution in [0.25, 0.3) is 0 Å². The van der Waals surface area contributed by atoms with Crippen LogP contribution >= 0.6 is 22.9 Å². The normalized spacial score (nSPS) is 12.1. The summed E-state index contributed by atoms with van der Waals surface area (Å²) in [7, 11) is 0. The molecule has 24 heavy (non-hydrogen) atoms. The van der Waals surface area contributed by atoms with Crippen molar-refractivity contribution in [2.24, 2.45) is 5.10 Å². The molecule has 9 heteroatoms. The number of Topliss-reactive ketones (excluding diaryl/α,β-unsaturated/α-hetero) is 1. The molecule has 4 nitrogen and oxygen atoms in total. The standard InChI is InChI=1S/C15H10ClF3N2O2S/c16-10-5-2-1-4-9(10)14(23)21-20-13(15(17,18)19)8-11(22)12-6-3-7-24-12/h1-7H,8H2,(H,21,23)/b20-13+. The summed E-state index contributed by atoms with van der Waals surface area (Å²) >= 11 is 6.82. The highest BCUT2D eigenvalue weighted by Crippen LogP contribution is 2.22. The van der Waals surface area contributed by atoms with Crippen LogP contribution < -0.4 is 5.43 Å². The zero-order valence-corrected chi connectivity index (χ0v) is 13.5. The fourth-order valence-electron chi connectivity index (χ4n) is 1.70. The topological polar surface area (TPSA) is 58.5 Å². The van der Waals surface area contributed by atoms with Crippen LogP contribution in [0.15, 0.2) is 46.9 Å². The molecule has 1 amide bonds. The Kier molecular flexibility index (Phi) is 5.74. The van der Waals surface area contributed by atoms with Gasteiger partial charge in [-0.25, -0.2) is 5.43 Å². The van der Waals surface area contributed by atoms with Crippen LogP contribution in [0.5, 0.6) is 0 Å². The van der Waals surface area contributed by atoms with Gasteiger partial charge in [-0.3, -0.25) is 9.59 Å². The summed E-state index contributed by atoms with van der Waals surface area (Å²) in [5, 5.41) is 4.74. The maximum atomic E-state index is 13.0. The number of carbonyl (C=O) groups excluding carboxylic acids is 2. The van der Waals surface area contributed by atoms with E-state index in [0.29, 0.717) is 0 Å². The summed E-state index contributed by atoms with van der Waals surface area (Å²) in [4.78, 5) is 23.9. The molecule has 0 unspecified atom stereocenters. The lowest BCUT2D eigenvalue weighted by molar-refractivity contribution is -0.0605. The minimum absolute atomic E-state index is 0.0194. The summed E-state index contributed by atoms with van der Waals surface area (Å²) in [5.41, 5.74) is 0.386. The van der Waals surface area contributed by atoms with E-state index in [-0.39, 0.29) is 15.5 Å². The van der Waals surface area contributed by atoms with Crippen molar-refractivity contribution in [1.29, 1.82) is 0 Å². The van der Waals surface area contributed by atoms with Crippen molar-refractivity contribution >= 4 is 40.3 Å². The molecule has 1 aromatic heterocycles. The van der Waals surface area contributed by atoms with Gasteiger partial charge in [0.15, 0.2) is 5.78 Å². The number of thiophene rings is 1. The molecule has 0 saturated heterocycles. The molecule has 0 aliphatic heterocycles. The molecular weight excluding hydrogens is 365 g/mol. The van der Waals surface area contributed by atoms with Crippen molar-refractivity contribution in [3.8, 4) is 0 Å². The van der Waals surface area contributed by atoms with Gasteiger partial charge in [0.1, 0.15) is 5.71 Å². The first-order valence-electron chi connectivity index (χ1n) is 6.54. The number of alkyl halides is 3. The number of amides is 1. The number of hydrogen-bond acceptors (Lipinski definition) is 4. The smallest absolute Gasteiger partial charge is 0.293 e. The Morgan fingerprint density at radius 1 is 1.17 bits per heavy atom. The predicted octanol–water partition coefficient (Wildman–Crippen LogP) is 4.32. The Balaban J connectivity index is 2.16. The molecule has 1 aromatic carbocycles. The Morgan fingerprint density at radius 2 is 1.88 bits per heavy atom. The molecule has 0 saturated carbocycles. The second-order valence-corrected chi connectivity index (χ2v) is 5.91. The summed E-state index contributed by atoms with van der Waals surface area (Å²) in [6.45, 7) is 0. The number of rotatable bonds is 5. The summed E-state index contributed by atoms with van der Waals surface area (Å²) in [6.07, 6.45) is -5.81. The first-order chi connectivity index (χ1) is 11.3. The average molecular weight is 375 g/mol. The fourth-order valence-corrected chi connectivity index (χ4v) is 2.59. The Morgan fingerprint density at radius 3 is 2.46 bits per heavy atom. The van der Waals surface area contributed by atoms with Crippen LogP contribution in [0.1, 0.15) is 26.5 Å². The lowest BCUT2D eigenvalue weighted by Gasteiger charge is -2.10. The average Bonchev–Trinajstić information content (AvgIpc) is 3.04. The number of carbonyl (C=O) groups is 2. The maximum absolute atomic E-state index is 13.0. The largest absolute Gasteiger partial charge is 0.431 e. The van der Waals surface area contributed by atoms with E-state index in [9.17, 15) is 22.8 Å². The van der Waals surface area contributed by atoms with Gasteiger partial charge in [0, 0.05) is 0 Å². The van der Waals surface area contributed by atoms with E-state index in [1.54, 1.807) is 22.9 Å². The number of hydrogen-bond donors (Lipinski definition) is 1. The molecular formula is C15H10ClF3N2O2S. The Bertz CT molecular complexity index is 773. The van der Waals surface area contributed by atoms with E-state index in [0.717, 1.165) is 11.3 Å². The van der Waals surface area contributed by atoms with Gasteiger partial charge in [0.25, 0.3) is 5.91 Å². The molecule has 126 valence electrons. The zero-order chi connectivity index (χ0) is 17.7. The molecule has 0 fully saturated rings. The zero-order valence-electron chi connectivity index (χ0n) is 11.9. The molecule has 0 bridgehead atoms. The third-order valence-corrected chi connectivity index (χ3v) is 4.10. The molecule has 2 rings (SSSR count). The number of benzene rings is 1. The van der Waals surface area contributed by atoms with E-state index < -0.39 is 30.0 Å². The van der Waals surface area contributed by atoms with Crippen LogP contribution in [-0.4, -0.2) is 23.6 Å². The van der Waals surface area contributed by atoms with E-state index in [1.807, 2.05) is 0 Å². The lowest BCUT2D eigenvalue weighted by Crippen LogP contribution is -2.30. The SMILES string of the molecule is O=C(C/C(=N\NC(=O)c1ccccc1Cl)C(F)(F)F)c1cccs1. The van der Waals surface area contributed by atoms with E-state index in [4.69, 9.17) is 11.6 Å². The molecule has 0 aliphatic rings. The summed E-state index contributed by atoms with van der Waals surface area (Å²) in [5.74, 6) is -1.63. The number of ketones is 1. The number of nitrogens with zero attached hydrogens (tertiary/aromatic N) is 1. The van der Waals surface area contributed by atoms with Crippen molar-refractivity contribution in [2.75, 3.05) is 0 Å².